The van der Waals surface area contributed by atoms with Crippen molar-refractivity contribution in [2.24, 2.45) is 0 Å². The third-order valence-electron chi connectivity index (χ3n) is 2.70. The first kappa shape index (κ1) is 12.9. The van der Waals surface area contributed by atoms with Crippen LogP contribution in [0.25, 0.3) is 0 Å². The third-order valence-corrected chi connectivity index (χ3v) is 5.69. The van der Waals surface area contributed by atoms with Crippen molar-refractivity contribution in [2.75, 3.05) is 19.6 Å². The number of nitrogens with zero attached hydrogens (tertiary/aromatic N) is 1. The molecule has 1 atom stereocenters. The van der Waals surface area contributed by atoms with Gasteiger partial charge in [0.05, 0.1) is 8.80 Å². The summed E-state index contributed by atoms with van der Waals surface area (Å²) >= 11 is 0. The Bertz CT molecular complexity index is 121. The van der Waals surface area contributed by atoms with E-state index in [2.05, 4.69) is 37.9 Å². The molecule has 0 bridgehead atoms. The van der Waals surface area contributed by atoms with Crippen molar-refractivity contribution in [3.8, 4) is 0 Å². The summed E-state index contributed by atoms with van der Waals surface area (Å²) in [5, 5.41) is 0. The summed E-state index contributed by atoms with van der Waals surface area (Å²) in [6.45, 7) is 14.4. The van der Waals surface area contributed by atoms with E-state index in [1.807, 2.05) is 0 Å². The average Bonchev–Trinajstić information content (AvgIpc) is 2.17. The van der Waals surface area contributed by atoms with Crippen molar-refractivity contribution in [1.29, 1.82) is 0 Å². The Morgan fingerprint density at radius 1 is 1.15 bits per heavy atom. The molecule has 1 unspecified atom stereocenters. The third kappa shape index (κ3) is 6.05. The summed E-state index contributed by atoms with van der Waals surface area (Å²) in [7, 11) is -0.575. The summed E-state index contributed by atoms with van der Waals surface area (Å²) in [5.41, 5.74) is 2.26. The Morgan fingerprint density at radius 2 is 1.77 bits per heavy atom. The highest BCUT2D eigenvalue weighted by Gasteiger charge is 2.06. The van der Waals surface area contributed by atoms with Crippen LogP contribution in [0.1, 0.15) is 27.2 Å². The Labute approximate surface area is 85.4 Å². The lowest BCUT2D eigenvalue weighted by molar-refractivity contribution is 0.320. The normalized spacial score (nSPS) is 13.2. The Morgan fingerprint density at radius 3 is 2.15 bits per heavy atom. The first-order chi connectivity index (χ1) is 6.28. The zero-order valence-corrected chi connectivity index (χ0v) is 10.7. The van der Waals surface area contributed by atoms with Gasteiger partial charge in [-0.15, -0.1) is 12.3 Å². The molecule has 0 N–H and O–H groups in total. The largest absolute Gasteiger partial charge is 0.304 e. The average molecular weight is 199 g/mol. The second-order valence-electron chi connectivity index (χ2n) is 3.60. The molecular formula is C11H25NSi. The quantitative estimate of drug-likeness (QED) is 0.543. The summed E-state index contributed by atoms with van der Waals surface area (Å²) in [6.07, 6.45) is 1.33. The van der Waals surface area contributed by atoms with Gasteiger partial charge in [0.25, 0.3) is 0 Å². The molecule has 0 heterocycles. The van der Waals surface area contributed by atoms with Gasteiger partial charge in [-0.2, -0.15) is 0 Å². The topological polar surface area (TPSA) is 3.24 Å². The van der Waals surface area contributed by atoms with Gasteiger partial charge >= 0.3 is 0 Å². The minimum absolute atomic E-state index is 0.575. The molecule has 0 aliphatic rings. The standard InChI is InChI=1S/C11H25NSi/c1-5-10-13(8-4)11-9-12(6-2)7-3/h8,13H,4-7,9-11H2,1-3H3. The minimum atomic E-state index is -0.575. The van der Waals surface area contributed by atoms with Gasteiger partial charge in [-0.1, -0.05) is 33.2 Å². The van der Waals surface area contributed by atoms with Crippen LogP contribution in [0.2, 0.25) is 12.1 Å². The van der Waals surface area contributed by atoms with Gasteiger partial charge in [0.2, 0.25) is 0 Å². The van der Waals surface area contributed by atoms with Crippen LogP contribution in [0.15, 0.2) is 12.3 Å². The molecule has 0 radical (unpaired) electrons. The summed E-state index contributed by atoms with van der Waals surface area (Å²) < 4.78 is 0. The van der Waals surface area contributed by atoms with Crippen molar-refractivity contribution in [2.45, 2.75) is 39.3 Å². The fraction of sp³-hybridized carbons (Fsp3) is 0.818. The van der Waals surface area contributed by atoms with E-state index >= 15 is 0 Å². The molecular weight excluding hydrogens is 174 g/mol. The van der Waals surface area contributed by atoms with Crippen molar-refractivity contribution >= 4 is 8.80 Å². The Balaban J connectivity index is 3.62. The van der Waals surface area contributed by atoms with E-state index in [9.17, 15) is 0 Å². The molecule has 0 saturated heterocycles. The fourth-order valence-corrected chi connectivity index (χ4v) is 3.84. The first-order valence-corrected chi connectivity index (χ1v) is 7.93. The molecule has 78 valence electrons. The highest BCUT2D eigenvalue weighted by atomic mass is 28.3. The van der Waals surface area contributed by atoms with Gasteiger partial charge in [0.15, 0.2) is 0 Å². The second-order valence-corrected chi connectivity index (χ2v) is 6.75. The van der Waals surface area contributed by atoms with Crippen LogP contribution in [0.3, 0.4) is 0 Å². The van der Waals surface area contributed by atoms with Crippen LogP contribution >= 0.6 is 0 Å². The van der Waals surface area contributed by atoms with E-state index in [0.29, 0.717) is 0 Å². The molecule has 2 heteroatoms. The molecule has 0 aliphatic heterocycles. The first-order valence-electron chi connectivity index (χ1n) is 5.63. The number of hydrogen-bond donors (Lipinski definition) is 0. The molecule has 13 heavy (non-hydrogen) atoms. The van der Waals surface area contributed by atoms with Gasteiger partial charge in [0, 0.05) is 0 Å². The van der Waals surface area contributed by atoms with Crippen molar-refractivity contribution < 1.29 is 0 Å². The van der Waals surface area contributed by atoms with E-state index < -0.39 is 8.80 Å². The van der Waals surface area contributed by atoms with E-state index in [1.54, 1.807) is 0 Å². The smallest absolute Gasteiger partial charge is 0.0619 e. The zero-order valence-electron chi connectivity index (χ0n) is 9.55. The highest BCUT2D eigenvalue weighted by molar-refractivity contribution is 6.64. The summed E-state index contributed by atoms with van der Waals surface area (Å²) in [4.78, 5) is 2.51. The predicted octanol–water partition coefficient (Wildman–Crippen LogP) is 2.69. The maximum atomic E-state index is 3.95. The lowest BCUT2D eigenvalue weighted by Crippen LogP contribution is -2.27. The van der Waals surface area contributed by atoms with Crippen LogP contribution in [0.5, 0.6) is 0 Å². The SMILES string of the molecule is C=C[SiH](CCC)CCN(CC)CC. The monoisotopic (exact) mass is 199 g/mol. The van der Waals surface area contributed by atoms with E-state index in [1.165, 1.54) is 38.1 Å². The van der Waals surface area contributed by atoms with Crippen molar-refractivity contribution in [3.63, 3.8) is 0 Å². The van der Waals surface area contributed by atoms with E-state index in [0.717, 1.165) is 0 Å². The molecule has 0 aromatic heterocycles. The Kier molecular flexibility index (Phi) is 8.46. The lowest BCUT2D eigenvalue weighted by Gasteiger charge is -2.19. The molecule has 0 rings (SSSR count). The van der Waals surface area contributed by atoms with E-state index in [4.69, 9.17) is 0 Å². The molecule has 0 saturated carbocycles. The van der Waals surface area contributed by atoms with E-state index in [-0.39, 0.29) is 0 Å². The fourth-order valence-electron chi connectivity index (χ4n) is 1.64. The molecule has 0 spiro atoms. The van der Waals surface area contributed by atoms with Crippen LogP contribution in [-0.4, -0.2) is 33.3 Å². The predicted molar refractivity (Wildman–Crippen MR) is 65.0 cm³/mol. The molecule has 0 aromatic carbocycles. The maximum absolute atomic E-state index is 3.95. The molecule has 0 amide bonds. The molecule has 1 nitrogen and oxygen atoms in total. The molecule has 0 fully saturated rings. The lowest BCUT2D eigenvalue weighted by atomic mass is 10.5. The summed E-state index contributed by atoms with van der Waals surface area (Å²) in [5.74, 6) is 0. The van der Waals surface area contributed by atoms with Crippen molar-refractivity contribution in [3.05, 3.63) is 12.3 Å². The van der Waals surface area contributed by atoms with Gasteiger partial charge in [-0.25, -0.2) is 0 Å². The van der Waals surface area contributed by atoms with Gasteiger partial charge in [-0.3, -0.25) is 0 Å². The molecule has 0 aliphatic carbocycles. The summed E-state index contributed by atoms with van der Waals surface area (Å²) in [6, 6.07) is 2.85. The van der Waals surface area contributed by atoms with Crippen molar-refractivity contribution in [1.82, 2.24) is 4.90 Å². The second kappa shape index (κ2) is 8.51. The minimum Gasteiger partial charge on any atom is -0.304 e. The highest BCUT2D eigenvalue weighted by Crippen LogP contribution is 2.05. The van der Waals surface area contributed by atoms with Crippen LogP contribution < -0.4 is 0 Å². The van der Waals surface area contributed by atoms with Gasteiger partial charge in [0.1, 0.15) is 0 Å². The molecule has 0 aromatic rings. The van der Waals surface area contributed by atoms with Crippen LogP contribution in [0, 0.1) is 0 Å². The van der Waals surface area contributed by atoms with Crippen LogP contribution in [-0.2, 0) is 0 Å². The zero-order chi connectivity index (χ0) is 10.1. The maximum Gasteiger partial charge on any atom is 0.0619 e. The van der Waals surface area contributed by atoms with Crippen LogP contribution in [0.4, 0.5) is 0 Å². The Hall–Kier alpha value is -0.0831. The number of hydrogen-bond acceptors (Lipinski definition) is 1. The van der Waals surface area contributed by atoms with Gasteiger partial charge < -0.3 is 4.90 Å². The van der Waals surface area contributed by atoms with Gasteiger partial charge in [-0.05, 0) is 25.7 Å². The number of rotatable bonds is 8.